The number of para-hydroxylation sites is 1. The zero-order valence-corrected chi connectivity index (χ0v) is 27.8. The van der Waals surface area contributed by atoms with Crippen molar-refractivity contribution in [3.8, 4) is 33.4 Å². The highest BCUT2D eigenvalue weighted by molar-refractivity contribution is 7.27. The Hall–Kier alpha value is -6.22. The molecule has 0 N–H and O–H groups in total. The fourth-order valence-corrected chi connectivity index (χ4v) is 9.71. The van der Waals surface area contributed by atoms with E-state index in [-0.39, 0.29) is 0 Å². The first-order valence-corrected chi connectivity index (χ1v) is 17.9. The maximum absolute atomic E-state index is 6.34. The molecule has 0 saturated heterocycles. The Morgan fingerprint density at radius 2 is 0.920 bits per heavy atom. The quantitative estimate of drug-likeness (QED) is 0.173. The van der Waals surface area contributed by atoms with E-state index in [0.717, 1.165) is 11.2 Å². The molecule has 0 unspecified atom stereocenters. The van der Waals surface area contributed by atoms with Gasteiger partial charge in [-0.1, -0.05) is 140 Å². The standard InChI is InChI=1S/C48H28OS/c1-2-13-29(14-3-1)43-34-19-6-8-21-36(34)44(37-22-9-7-20-35(37)43)32-17-12-16-30(27-32)40-28-31-15-4-5-18-33(31)45-39-25-26-42-46(47(39)50-48(40)45)38-23-10-11-24-41(38)49-42/h1-28H. The summed E-state index contributed by atoms with van der Waals surface area (Å²) in [6, 6.07) is 61.9. The molecule has 11 rings (SSSR count). The molecule has 2 aromatic heterocycles. The minimum Gasteiger partial charge on any atom is -0.456 e. The zero-order chi connectivity index (χ0) is 32.8. The van der Waals surface area contributed by atoms with Crippen molar-refractivity contribution in [3.63, 3.8) is 0 Å². The summed E-state index contributed by atoms with van der Waals surface area (Å²) < 4.78 is 8.93. The molecule has 0 saturated carbocycles. The van der Waals surface area contributed by atoms with E-state index in [1.807, 2.05) is 17.4 Å². The van der Waals surface area contributed by atoms with E-state index in [9.17, 15) is 0 Å². The molecule has 232 valence electrons. The number of furan rings is 1. The summed E-state index contributed by atoms with van der Waals surface area (Å²) in [6.45, 7) is 0. The van der Waals surface area contributed by atoms with E-state index in [2.05, 4.69) is 164 Å². The number of fused-ring (bicyclic) bond motifs is 11. The summed E-state index contributed by atoms with van der Waals surface area (Å²) in [4.78, 5) is 0. The van der Waals surface area contributed by atoms with Gasteiger partial charge in [-0.25, -0.2) is 0 Å². The molecule has 0 atom stereocenters. The molecule has 0 spiro atoms. The first-order valence-electron chi connectivity index (χ1n) is 17.1. The molecule has 1 nitrogen and oxygen atoms in total. The topological polar surface area (TPSA) is 13.1 Å². The van der Waals surface area contributed by atoms with Gasteiger partial charge in [-0.15, -0.1) is 11.3 Å². The van der Waals surface area contributed by atoms with Crippen molar-refractivity contribution >= 4 is 85.8 Å². The number of benzene rings is 9. The van der Waals surface area contributed by atoms with Gasteiger partial charge in [0, 0.05) is 36.5 Å². The molecule has 0 radical (unpaired) electrons. The molecule has 0 aliphatic heterocycles. The SMILES string of the molecule is c1ccc(-c2c3ccccc3c(-c3cccc(-c4cc5ccccc5c5c4sc4c5ccc5oc6ccccc6c54)c3)c3ccccc23)cc1. The van der Waals surface area contributed by atoms with Crippen LogP contribution in [0.2, 0.25) is 0 Å². The van der Waals surface area contributed by atoms with Gasteiger partial charge in [-0.05, 0) is 90.5 Å². The average molecular weight is 653 g/mol. The third-order valence-electron chi connectivity index (χ3n) is 10.4. The highest BCUT2D eigenvalue weighted by Crippen LogP contribution is 2.49. The van der Waals surface area contributed by atoms with E-state index in [1.54, 1.807) is 0 Å². The third-order valence-corrected chi connectivity index (χ3v) is 11.7. The molecular formula is C48H28OS. The van der Waals surface area contributed by atoms with Crippen LogP contribution in [0.15, 0.2) is 174 Å². The van der Waals surface area contributed by atoms with Crippen molar-refractivity contribution in [3.05, 3.63) is 170 Å². The Kier molecular flexibility index (Phi) is 5.89. The minimum absolute atomic E-state index is 0.933. The van der Waals surface area contributed by atoms with Crippen LogP contribution < -0.4 is 0 Å². The Morgan fingerprint density at radius 1 is 0.340 bits per heavy atom. The smallest absolute Gasteiger partial charge is 0.136 e. The van der Waals surface area contributed by atoms with Gasteiger partial charge in [-0.3, -0.25) is 0 Å². The number of rotatable bonds is 3. The van der Waals surface area contributed by atoms with Crippen molar-refractivity contribution in [2.75, 3.05) is 0 Å². The van der Waals surface area contributed by atoms with Crippen molar-refractivity contribution < 1.29 is 4.42 Å². The van der Waals surface area contributed by atoms with E-state index in [4.69, 9.17) is 4.42 Å². The summed E-state index contributed by atoms with van der Waals surface area (Å²) in [5, 5.41) is 12.6. The van der Waals surface area contributed by atoms with Gasteiger partial charge >= 0.3 is 0 Å². The van der Waals surface area contributed by atoms with Gasteiger partial charge in [0.05, 0.1) is 0 Å². The molecule has 0 aliphatic rings. The number of hydrogen-bond acceptors (Lipinski definition) is 2. The first kappa shape index (κ1) is 27.7. The molecule has 2 heteroatoms. The maximum atomic E-state index is 6.34. The van der Waals surface area contributed by atoms with Crippen LogP contribution in [0.25, 0.3) is 108 Å². The van der Waals surface area contributed by atoms with Crippen LogP contribution in [-0.4, -0.2) is 0 Å². The highest BCUT2D eigenvalue weighted by atomic mass is 32.1. The summed E-state index contributed by atoms with van der Waals surface area (Å²) in [6.07, 6.45) is 0. The second-order valence-electron chi connectivity index (χ2n) is 13.2. The van der Waals surface area contributed by atoms with Gasteiger partial charge < -0.3 is 4.42 Å². The average Bonchev–Trinajstić information content (AvgIpc) is 3.76. The van der Waals surface area contributed by atoms with Gasteiger partial charge in [-0.2, -0.15) is 0 Å². The largest absolute Gasteiger partial charge is 0.456 e. The fraction of sp³-hybridized carbons (Fsp3) is 0. The van der Waals surface area contributed by atoms with Crippen LogP contribution in [0.3, 0.4) is 0 Å². The highest BCUT2D eigenvalue weighted by Gasteiger charge is 2.20. The fourth-order valence-electron chi connectivity index (χ4n) is 8.30. The molecule has 50 heavy (non-hydrogen) atoms. The van der Waals surface area contributed by atoms with Crippen LogP contribution in [0.4, 0.5) is 0 Å². The predicted molar refractivity (Wildman–Crippen MR) is 215 cm³/mol. The van der Waals surface area contributed by atoms with Gasteiger partial charge in [0.1, 0.15) is 11.2 Å². The van der Waals surface area contributed by atoms with Crippen LogP contribution in [0, 0.1) is 0 Å². The minimum atomic E-state index is 0.933. The lowest BCUT2D eigenvalue weighted by Gasteiger charge is -2.18. The van der Waals surface area contributed by atoms with Crippen LogP contribution in [0.5, 0.6) is 0 Å². The molecule has 2 heterocycles. The van der Waals surface area contributed by atoms with Gasteiger partial charge in [0.15, 0.2) is 0 Å². The van der Waals surface area contributed by atoms with Crippen LogP contribution in [0.1, 0.15) is 0 Å². The number of thiophene rings is 1. The van der Waals surface area contributed by atoms with E-state index >= 15 is 0 Å². The molecule has 9 aromatic carbocycles. The third kappa shape index (κ3) is 3.94. The summed E-state index contributed by atoms with van der Waals surface area (Å²) in [5.41, 5.74) is 9.38. The summed E-state index contributed by atoms with van der Waals surface area (Å²) in [7, 11) is 0. The molecule has 0 fully saturated rings. The molecule has 11 aromatic rings. The lowest BCUT2D eigenvalue weighted by molar-refractivity contribution is 0.669. The Balaban J connectivity index is 1.22. The lowest BCUT2D eigenvalue weighted by Crippen LogP contribution is -1.91. The first-order chi connectivity index (χ1) is 24.8. The van der Waals surface area contributed by atoms with E-state index in [1.165, 1.54) is 96.6 Å². The predicted octanol–water partition coefficient (Wildman–Crippen LogP) is 14.4. The monoisotopic (exact) mass is 652 g/mol. The summed E-state index contributed by atoms with van der Waals surface area (Å²) >= 11 is 1.89. The zero-order valence-electron chi connectivity index (χ0n) is 27.0. The van der Waals surface area contributed by atoms with Gasteiger partial charge in [0.25, 0.3) is 0 Å². The van der Waals surface area contributed by atoms with Gasteiger partial charge in [0.2, 0.25) is 0 Å². The summed E-state index contributed by atoms with van der Waals surface area (Å²) in [5.74, 6) is 0. The lowest BCUT2D eigenvalue weighted by atomic mass is 9.85. The molecule has 0 bridgehead atoms. The Morgan fingerprint density at radius 3 is 1.66 bits per heavy atom. The second-order valence-corrected chi connectivity index (χ2v) is 14.2. The Bertz CT molecular complexity index is 3090. The van der Waals surface area contributed by atoms with E-state index < -0.39 is 0 Å². The van der Waals surface area contributed by atoms with Crippen LogP contribution in [-0.2, 0) is 0 Å². The maximum Gasteiger partial charge on any atom is 0.136 e. The molecule has 0 amide bonds. The Labute approximate surface area is 292 Å². The van der Waals surface area contributed by atoms with Crippen molar-refractivity contribution in [2.45, 2.75) is 0 Å². The second kappa shape index (κ2) is 10.6. The molecule has 0 aliphatic carbocycles. The van der Waals surface area contributed by atoms with Crippen molar-refractivity contribution in [2.24, 2.45) is 0 Å². The number of hydrogen-bond donors (Lipinski definition) is 0. The van der Waals surface area contributed by atoms with E-state index in [0.29, 0.717) is 0 Å². The van der Waals surface area contributed by atoms with Crippen molar-refractivity contribution in [1.82, 2.24) is 0 Å². The van der Waals surface area contributed by atoms with Crippen LogP contribution >= 0.6 is 11.3 Å². The normalized spacial score (nSPS) is 12.0. The van der Waals surface area contributed by atoms with Crippen molar-refractivity contribution in [1.29, 1.82) is 0 Å². The molecular weight excluding hydrogens is 625 g/mol.